The second-order valence-electron chi connectivity index (χ2n) is 9.04. The highest BCUT2D eigenvalue weighted by Crippen LogP contribution is 2.36. The molecule has 10 heteroatoms. The lowest BCUT2D eigenvalue weighted by atomic mass is 10.1. The number of aryl methyl sites for hydroxylation is 4. The highest BCUT2D eigenvalue weighted by atomic mass is 16.3. The van der Waals surface area contributed by atoms with Crippen LogP contribution in [0.3, 0.4) is 0 Å². The Hall–Kier alpha value is -4.47. The molecular formula is C25H21N9O. The molecule has 2 aliphatic rings. The van der Waals surface area contributed by atoms with Gasteiger partial charge >= 0.3 is 0 Å². The Balaban J connectivity index is 1.34. The van der Waals surface area contributed by atoms with E-state index in [1.54, 1.807) is 0 Å². The van der Waals surface area contributed by atoms with E-state index in [1.165, 1.54) is 6.39 Å². The van der Waals surface area contributed by atoms with E-state index in [-0.39, 0.29) is 0 Å². The van der Waals surface area contributed by atoms with Crippen LogP contribution in [0.15, 0.2) is 60.1 Å². The number of oxazole rings is 1. The van der Waals surface area contributed by atoms with Crippen LogP contribution in [-0.4, -0.2) is 43.6 Å². The van der Waals surface area contributed by atoms with Crippen LogP contribution >= 0.6 is 0 Å². The fourth-order valence-electron chi connectivity index (χ4n) is 5.57. The van der Waals surface area contributed by atoms with Gasteiger partial charge in [-0.05, 0) is 49.9 Å². The van der Waals surface area contributed by atoms with Gasteiger partial charge in [0.2, 0.25) is 0 Å². The molecule has 10 nitrogen and oxygen atoms in total. The maximum absolute atomic E-state index is 5.99. The van der Waals surface area contributed by atoms with Crippen LogP contribution in [0.5, 0.6) is 0 Å². The number of rotatable bonds is 2. The van der Waals surface area contributed by atoms with E-state index in [0.29, 0.717) is 5.58 Å². The van der Waals surface area contributed by atoms with Crippen molar-refractivity contribution in [3.05, 3.63) is 67.1 Å². The lowest BCUT2D eigenvalue weighted by Gasteiger charge is -2.13. The quantitative estimate of drug-likeness (QED) is 0.387. The molecule has 6 aromatic rings. The summed E-state index contributed by atoms with van der Waals surface area (Å²) in [5.74, 6) is 0. The molecule has 1 aromatic carbocycles. The van der Waals surface area contributed by atoms with Crippen LogP contribution < -0.4 is 0 Å². The van der Waals surface area contributed by atoms with E-state index in [0.717, 1.165) is 89.8 Å². The van der Waals surface area contributed by atoms with Crippen molar-refractivity contribution in [3.8, 4) is 34.2 Å². The largest absolute Gasteiger partial charge is 0.441 e. The fourth-order valence-corrected chi connectivity index (χ4v) is 5.57. The molecule has 0 fully saturated rings. The summed E-state index contributed by atoms with van der Waals surface area (Å²) >= 11 is 0. The third kappa shape index (κ3) is 2.61. The Morgan fingerprint density at radius 2 is 1.29 bits per heavy atom. The molecule has 2 aliphatic heterocycles. The zero-order chi connectivity index (χ0) is 22.9. The molecule has 0 spiro atoms. The summed E-state index contributed by atoms with van der Waals surface area (Å²) in [6.07, 6.45) is 12.8. The lowest BCUT2D eigenvalue weighted by Crippen LogP contribution is -2.05. The van der Waals surface area contributed by atoms with Gasteiger partial charge in [0, 0.05) is 25.5 Å². The molecule has 35 heavy (non-hydrogen) atoms. The molecule has 0 saturated carbocycles. The summed E-state index contributed by atoms with van der Waals surface area (Å²) in [4.78, 5) is 14.2. The van der Waals surface area contributed by atoms with Crippen molar-refractivity contribution < 1.29 is 4.42 Å². The number of imidazole rings is 2. The van der Waals surface area contributed by atoms with Crippen LogP contribution in [0.4, 0.5) is 0 Å². The minimum absolute atomic E-state index is 0.711. The summed E-state index contributed by atoms with van der Waals surface area (Å²) in [7, 11) is 0. The fraction of sp³-hybridized carbons (Fsp3) is 0.240. The second kappa shape index (κ2) is 7.02. The van der Waals surface area contributed by atoms with Gasteiger partial charge in [-0.1, -0.05) is 0 Å². The molecule has 0 bridgehead atoms. The van der Waals surface area contributed by atoms with E-state index in [1.807, 2.05) is 25.0 Å². The van der Waals surface area contributed by atoms with Crippen LogP contribution in [0.25, 0.3) is 45.3 Å². The van der Waals surface area contributed by atoms with E-state index in [2.05, 4.69) is 57.9 Å². The van der Waals surface area contributed by atoms with E-state index >= 15 is 0 Å². The van der Waals surface area contributed by atoms with Crippen LogP contribution in [0.2, 0.25) is 0 Å². The Kier molecular flexibility index (Phi) is 3.79. The number of hydrogen-bond donors (Lipinski definition) is 0. The van der Waals surface area contributed by atoms with Gasteiger partial charge in [0.15, 0.2) is 12.0 Å². The van der Waals surface area contributed by atoms with Gasteiger partial charge in [-0.2, -0.15) is 10.2 Å². The SMILES string of the molecule is c1cc2n(n1)CCCc1ncn(-c3ccc(-n4cnc5c4-c4ccnn4CCC5)c4ocnc34)c1-2. The highest BCUT2D eigenvalue weighted by molar-refractivity contribution is 5.90. The van der Waals surface area contributed by atoms with Crippen LogP contribution in [-0.2, 0) is 25.9 Å². The van der Waals surface area contributed by atoms with Crippen molar-refractivity contribution in [1.82, 2.24) is 43.6 Å². The normalized spacial score (nSPS) is 14.7. The predicted molar refractivity (Wildman–Crippen MR) is 127 cm³/mol. The minimum atomic E-state index is 0.711. The van der Waals surface area contributed by atoms with Crippen molar-refractivity contribution in [2.45, 2.75) is 38.8 Å². The van der Waals surface area contributed by atoms with Crippen molar-refractivity contribution in [3.63, 3.8) is 0 Å². The molecule has 0 N–H and O–H groups in total. The van der Waals surface area contributed by atoms with Gasteiger partial charge in [0.05, 0.1) is 45.5 Å². The van der Waals surface area contributed by atoms with Gasteiger partial charge in [-0.15, -0.1) is 0 Å². The third-order valence-electron chi connectivity index (χ3n) is 7.13. The minimum Gasteiger partial charge on any atom is -0.441 e. The summed E-state index contributed by atoms with van der Waals surface area (Å²) in [5, 5.41) is 9.03. The zero-order valence-corrected chi connectivity index (χ0v) is 18.9. The predicted octanol–water partition coefficient (Wildman–Crippen LogP) is 3.82. The zero-order valence-electron chi connectivity index (χ0n) is 18.9. The van der Waals surface area contributed by atoms with Crippen LogP contribution in [0, 0.1) is 0 Å². The van der Waals surface area contributed by atoms with Crippen molar-refractivity contribution >= 4 is 11.1 Å². The van der Waals surface area contributed by atoms with Gasteiger partial charge in [-0.25, -0.2) is 15.0 Å². The molecule has 0 unspecified atom stereocenters. The highest BCUT2D eigenvalue weighted by Gasteiger charge is 2.26. The molecule has 0 saturated heterocycles. The Bertz CT molecular complexity index is 1600. The number of benzene rings is 1. The monoisotopic (exact) mass is 463 g/mol. The van der Waals surface area contributed by atoms with Gasteiger partial charge in [-0.3, -0.25) is 18.5 Å². The first-order valence-corrected chi connectivity index (χ1v) is 11.9. The molecule has 5 aromatic heterocycles. The van der Waals surface area contributed by atoms with Gasteiger partial charge in [0.25, 0.3) is 0 Å². The molecule has 7 heterocycles. The van der Waals surface area contributed by atoms with Gasteiger partial charge < -0.3 is 4.42 Å². The van der Waals surface area contributed by atoms with E-state index < -0.39 is 0 Å². The first-order valence-electron chi connectivity index (χ1n) is 11.9. The third-order valence-corrected chi connectivity index (χ3v) is 7.13. The Morgan fingerprint density at radius 3 is 1.94 bits per heavy atom. The molecule has 0 radical (unpaired) electrons. The first-order chi connectivity index (χ1) is 17.4. The smallest absolute Gasteiger partial charge is 0.182 e. The van der Waals surface area contributed by atoms with Gasteiger partial charge in [0.1, 0.15) is 18.2 Å². The average molecular weight is 464 g/mol. The number of fused-ring (bicyclic) bond motifs is 7. The molecule has 0 aliphatic carbocycles. The summed E-state index contributed by atoms with van der Waals surface area (Å²) in [5.41, 5.74) is 9.75. The average Bonchev–Trinajstić information content (AvgIpc) is 3.69. The molecule has 8 rings (SSSR count). The van der Waals surface area contributed by atoms with E-state index in [4.69, 9.17) is 14.4 Å². The van der Waals surface area contributed by atoms with Crippen molar-refractivity contribution in [1.29, 1.82) is 0 Å². The second-order valence-corrected chi connectivity index (χ2v) is 9.04. The summed E-state index contributed by atoms with van der Waals surface area (Å²) in [6, 6.07) is 8.28. The standard InChI is InChI=1S/C25H21N9O/c1-3-16-23(19-7-9-29-33(19)11-1)31(13-26-16)18-5-6-21(25-22(18)28-15-35-25)32-14-27-17-4-2-12-34-20(24(17)32)8-10-30-34/h5-10,13-15H,1-4,11-12H2. The Labute approximate surface area is 199 Å². The maximum Gasteiger partial charge on any atom is 0.182 e. The molecular weight excluding hydrogens is 442 g/mol. The molecule has 0 atom stereocenters. The van der Waals surface area contributed by atoms with Crippen molar-refractivity contribution in [2.24, 2.45) is 0 Å². The summed E-state index contributed by atoms with van der Waals surface area (Å²) < 4.78 is 14.3. The number of hydrogen-bond acceptors (Lipinski definition) is 6. The van der Waals surface area contributed by atoms with E-state index in [9.17, 15) is 0 Å². The molecule has 0 amide bonds. The summed E-state index contributed by atoms with van der Waals surface area (Å²) in [6.45, 7) is 1.77. The lowest BCUT2D eigenvalue weighted by molar-refractivity contribution is 0.590. The van der Waals surface area contributed by atoms with Crippen LogP contribution in [0.1, 0.15) is 24.2 Å². The topological polar surface area (TPSA) is 97.3 Å². The number of nitrogens with zero attached hydrogens (tertiary/aromatic N) is 9. The number of aromatic nitrogens is 9. The maximum atomic E-state index is 5.99. The molecule has 172 valence electrons. The Morgan fingerprint density at radius 1 is 0.686 bits per heavy atom. The first kappa shape index (κ1) is 18.9. The van der Waals surface area contributed by atoms with Crippen molar-refractivity contribution in [2.75, 3.05) is 0 Å².